The average molecular weight is 256 g/mol. The fraction of sp³-hybridized carbons (Fsp3) is 0. The molecular weight excluding hydrogens is 249 g/mol. The number of halogens is 2. The smallest absolute Gasteiger partial charge is 0.130 e. The van der Waals surface area contributed by atoms with Gasteiger partial charge in [0.25, 0.3) is 0 Å². The van der Waals surface area contributed by atoms with Gasteiger partial charge in [0, 0.05) is 21.0 Å². The lowest BCUT2D eigenvalue weighted by molar-refractivity contribution is 1.26. The molecule has 0 bridgehead atoms. The molecule has 0 atom stereocenters. The summed E-state index contributed by atoms with van der Waals surface area (Å²) in [6.45, 7) is 0. The zero-order valence-electron chi connectivity index (χ0n) is 7.65. The molecule has 4 heteroatoms. The van der Waals surface area contributed by atoms with Crippen LogP contribution in [0.2, 0.25) is 10.2 Å². The molecule has 15 heavy (non-hydrogen) atoms. The Morgan fingerprint density at radius 1 is 0.933 bits per heavy atom. The first kappa shape index (κ1) is 10.8. The maximum absolute atomic E-state index is 5.80. The van der Waals surface area contributed by atoms with Gasteiger partial charge in [-0.3, -0.25) is 0 Å². The fourth-order valence-electron chi connectivity index (χ4n) is 1.09. The van der Waals surface area contributed by atoms with Crippen LogP contribution in [0.1, 0.15) is 0 Å². The molecule has 0 aliphatic carbocycles. The minimum Gasteiger partial charge on any atom is -0.244 e. The van der Waals surface area contributed by atoms with E-state index in [0.717, 1.165) is 14.8 Å². The van der Waals surface area contributed by atoms with Crippen LogP contribution in [0.5, 0.6) is 0 Å². The van der Waals surface area contributed by atoms with E-state index in [1.165, 1.54) is 0 Å². The zero-order valence-corrected chi connectivity index (χ0v) is 9.98. The molecule has 0 radical (unpaired) electrons. The van der Waals surface area contributed by atoms with Crippen LogP contribution >= 0.6 is 35.0 Å². The van der Waals surface area contributed by atoms with Crippen molar-refractivity contribution in [3.63, 3.8) is 0 Å². The Balaban J connectivity index is 2.18. The lowest BCUT2D eigenvalue weighted by Gasteiger charge is -2.01. The van der Waals surface area contributed by atoms with Crippen LogP contribution in [0.15, 0.2) is 52.4 Å². The molecule has 0 saturated heterocycles. The predicted molar refractivity (Wildman–Crippen MR) is 64.8 cm³/mol. The molecule has 0 amide bonds. The summed E-state index contributed by atoms with van der Waals surface area (Å²) < 4.78 is 0. The molecule has 2 aromatic rings. The van der Waals surface area contributed by atoms with Crippen LogP contribution in [-0.4, -0.2) is 4.98 Å². The van der Waals surface area contributed by atoms with Crippen molar-refractivity contribution < 1.29 is 0 Å². The Bertz CT molecular complexity index is 456. The number of hydrogen-bond acceptors (Lipinski definition) is 2. The van der Waals surface area contributed by atoms with Gasteiger partial charge in [0.05, 0.1) is 0 Å². The number of nitrogens with zero attached hydrogens (tertiary/aromatic N) is 1. The maximum Gasteiger partial charge on any atom is 0.130 e. The van der Waals surface area contributed by atoms with E-state index < -0.39 is 0 Å². The second-order valence-corrected chi connectivity index (χ2v) is 4.84. The summed E-state index contributed by atoms with van der Waals surface area (Å²) in [6, 6.07) is 11.4. The molecule has 1 aromatic heterocycles. The third-order valence-electron chi connectivity index (χ3n) is 1.75. The quantitative estimate of drug-likeness (QED) is 0.731. The Morgan fingerprint density at radius 2 is 1.67 bits per heavy atom. The van der Waals surface area contributed by atoms with E-state index >= 15 is 0 Å². The van der Waals surface area contributed by atoms with Crippen LogP contribution in [0, 0.1) is 0 Å². The van der Waals surface area contributed by atoms with Crippen molar-refractivity contribution in [3.8, 4) is 0 Å². The summed E-state index contributed by atoms with van der Waals surface area (Å²) in [4.78, 5) is 6.12. The van der Waals surface area contributed by atoms with Crippen LogP contribution in [0.4, 0.5) is 0 Å². The van der Waals surface area contributed by atoms with Crippen LogP contribution in [-0.2, 0) is 0 Å². The lowest BCUT2D eigenvalue weighted by Crippen LogP contribution is -1.76. The van der Waals surface area contributed by atoms with Crippen molar-refractivity contribution in [1.29, 1.82) is 0 Å². The van der Waals surface area contributed by atoms with E-state index in [1.807, 2.05) is 36.4 Å². The van der Waals surface area contributed by atoms with E-state index in [1.54, 1.807) is 18.0 Å². The molecule has 0 aliphatic heterocycles. The third-order valence-corrected chi connectivity index (χ3v) is 3.20. The molecule has 76 valence electrons. The van der Waals surface area contributed by atoms with Crippen molar-refractivity contribution in [2.45, 2.75) is 9.79 Å². The first-order valence-electron chi connectivity index (χ1n) is 4.29. The van der Waals surface area contributed by atoms with E-state index in [2.05, 4.69) is 4.98 Å². The highest BCUT2D eigenvalue weighted by Gasteiger charge is 1.98. The van der Waals surface area contributed by atoms with Gasteiger partial charge in [-0.05, 0) is 36.4 Å². The third kappa shape index (κ3) is 3.13. The van der Waals surface area contributed by atoms with Crippen molar-refractivity contribution >= 4 is 35.0 Å². The largest absolute Gasteiger partial charge is 0.244 e. The predicted octanol–water partition coefficient (Wildman–Crippen LogP) is 4.54. The maximum atomic E-state index is 5.80. The number of rotatable bonds is 2. The highest BCUT2D eigenvalue weighted by atomic mass is 35.5. The second-order valence-electron chi connectivity index (χ2n) is 2.87. The monoisotopic (exact) mass is 255 g/mol. The molecule has 2 rings (SSSR count). The van der Waals surface area contributed by atoms with Gasteiger partial charge in [-0.15, -0.1) is 0 Å². The Morgan fingerprint density at radius 3 is 2.33 bits per heavy atom. The highest BCUT2D eigenvalue weighted by Crippen LogP contribution is 2.29. The summed E-state index contributed by atoms with van der Waals surface area (Å²) in [5, 5.41) is 1.25. The zero-order chi connectivity index (χ0) is 10.7. The average Bonchev–Trinajstić information content (AvgIpc) is 2.22. The van der Waals surface area contributed by atoms with Crippen LogP contribution < -0.4 is 0 Å². The normalized spacial score (nSPS) is 10.3. The molecule has 1 heterocycles. The first-order chi connectivity index (χ1) is 7.24. The van der Waals surface area contributed by atoms with Gasteiger partial charge >= 0.3 is 0 Å². The van der Waals surface area contributed by atoms with Gasteiger partial charge in [-0.2, -0.15) is 0 Å². The Labute approximate surface area is 102 Å². The van der Waals surface area contributed by atoms with Gasteiger partial charge in [0.2, 0.25) is 0 Å². The van der Waals surface area contributed by atoms with Crippen molar-refractivity contribution in [2.24, 2.45) is 0 Å². The lowest BCUT2D eigenvalue weighted by atomic mass is 10.4. The molecule has 1 aromatic carbocycles. The van der Waals surface area contributed by atoms with E-state index in [0.29, 0.717) is 5.15 Å². The minimum absolute atomic E-state index is 0.508. The minimum atomic E-state index is 0.508. The van der Waals surface area contributed by atoms with Crippen molar-refractivity contribution in [2.75, 3.05) is 0 Å². The molecule has 0 aliphatic rings. The van der Waals surface area contributed by atoms with Crippen molar-refractivity contribution in [1.82, 2.24) is 4.98 Å². The highest BCUT2D eigenvalue weighted by molar-refractivity contribution is 7.99. The standard InChI is InChI=1S/C11H7Cl2NS/c12-8-1-3-9(4-2-8)15-10-5-6-14-11(13)7-10/h1-7H. The summed E-state index contributed by atoms with van der Waals surface area (Å²) >= 11 is 13.2. The summed E-state index contributed by atoms with van der Waals surface area (Å²) in [5.41, 5.74) is 0. The topological polar surface area (TPSA) is 12.9 Å². The summed E-state index contributed by atoms with van der Waals surface area (Å²) in [6.07, 6.45) is 1.70. The fourth-order valence-corrected chi connectivity index (χ4v) is 2.30. The molecule has 0 unspecified atom stereocenters. The van der Waals surface area contributed by atoms with Gasteiger partial charge < -0.3 is 0 Å². The second kappa shape index (κ2) is 4.88. The number of aromatic nitrogens is 1. The van der Waals surface area contributed by atoms with Crippen molar-refractivity contribution in [3.05, 3.63) is 52.8 Å². The molecule has 1 nitrogen and oxygen atoms in total. The van der Waals surface area contributed by atoms with E-state index in [4.69, 9.17) is 23.2 Å². The number of benzene rings is 1. The number of pyridine rings is 1. The molecule has 0 N–H and O–H groups in total. The summed E-state index contributed by atoms with van der Waals surface area (Å²) in [7, 11) is 0. The van der Waals surface area contributed by atoms with E-state index in [-0.39, 0.29) is 0 Å². The Hall–Kier alpha value is -0.700. The van der Waals surface area contributed by atoms with Gasteiger partial charge in [0.1, 0.15) is 5.15 Å². The van der Waals surface area contributed by atoms with Gasteiger partial charge in [-0.1, -0.05) is 35.0 Å². The first-order valence-corrected chi connectivity index (χ1v) is 5.86. The van der Waals surface area contributed by atoms with E-state index in [9.17, 15) is 0 Å². The molecule has 0 fully saturated rings. The molecule has 0 spiro atoms. The van der Waals surface area contributed by atoms with Gasteiger partial charge in [0.15, 0.2) is 0 Å². The van der Waals surface area contributed by atoms with Crippen LogP contribution in [0.3, 0.4) is 0 Å². The van der Waals surface area contributed by atoms with Gasteiger partial charge in [-0.25, -0.2) is 4.98 Å². The summed E-state index contributed by atoms with van der Waals surface area (Å²) in [5.74, 6) is 0. The molecule has 0 saturated carbocycles. The molecular formula is C11H7Cl2NS. The Kier molecular flexibility index (Phi) is 3.52. The SMILES string of the molecule is Clc1ccc(Sc2ccnc(Cl)c2)cc1. The number of hydrogen-bond donors (Lipinski definition) is 0. The van der Waals surface area contributed by atoms with Crippen LogP contribution in [0.25, 0.3) is 0 Å².